The number of hydrogen-bond acceptors (Lipinski definition) is 3. The number of rotatable bonds is 5. The third-order valence-corrected chi connectivity index (χ3v) is 2.58. The first-order valence-electron chi connectivity index (χ1n) is 6.20. The van der Waals surface area contributed by atoms with Crippen LogP contribution in [0.3, 0.4) is 0 Å². The van der Waals surface area contributed by atoms with Gasteiger partial charge in [-0.2, -0.15) is 0 Å². The summed E-state index contributed by atoms with van der Waals surface area (Å²) in [5.74, 6) is -1.25. The lowest BCUT2D eigenvalue weighted by Crippen LogP contribution is -2.42. The van der Waals surface area contributed by atoms with Gasteiger partial charge >= 0.3 is 5.97 Å². The molecule has 0 aliphatic heterocycles. The van der Waals surface area contributed by atoms with Crippen molar-refractivity contribution in [2.45, 2.75) is 26.3 Å². The summed E-state index contributed by atoms with van der Waals surface area (Å²) < 4.78 is 17.5. The minimum atomic E-state index is -0.798. The molecule has 0 unspecified atom stereocenters. The van der Waals surface area contributed by atoms with Crippen molar-refractivity contribution in [3.8, 4) is 0 Å². The summed E-state index contributed by atoms with van der Waals surface area (Å²) in [7, 11) is 1.26. The highest BCUT2D eigenvalue weighted by atomic mass is 19.1. The maximum atomic E-state index is 12.8. The molecule has 0 spiro atoms. The number of ether oxygens (including phenoxy) is 1. The minimum absolute atomic E-state index is 0.245. The van der Waals surface area contributed by atoms with E-state index in [2.05, 4.69) is 10.1 Å². The summed E-state index contributed by atoms with van der Waals surface area (Å²) in [6.07, 6.45) is 1.65. The molecule has 0 saturated carbocycles. The molecule has 20 heavy (non-hydrogen) atoms. The Hall–Kier alpha value is -2.17. The second-order valence-corrected chi connectivity index (χ2v) is 4.64. The van der Waals surface area contributed by atoms with Crippen molar-refractivity contribution < 1.29 is 18.7 Å². The number of amides is 1. The van der Waals surface area contributed by atoms with Gasteiger partial charge in [0.2, 0.25) is 5.91 Å². The van der Waals surface area contributed by atoms with Gasteiger partial charge in [-0.15, -0.1) is 0 Å². The Morgan fingerprint density at radius 3 is 2.40 bits per heavy atom. The van der Waals surface area contributed by atoms with E-state index in [0.717, 1.165) is 11.1 Å². The molecule has 4 nitrogen and oxygen atoms in total. The van der Waals surface area contributed by atoms with E-state index in [9.17, 15) is 14.0 Å². The Kier molecular flexibility index (Phi) is 5.90. The average Bonchev–Trinajstić information content (AvgIpc) is 2.38. The van der Waals surface area contributed by atoms with Crippen LogP contribution < -0.4 is 5.32 Å². The Bertz CT molecular complexity index is 504. The minimum Gasteiger partial charge on any atom is -0.467 e. The Balaban J connectivity index is 2.79. The van der Waals surface area contributed by atoms with Crippen molar-refractivity contribution in [3.05, 3.63) is 47.3 Å². The van der Waals surface area contributed by atoms with Gasteiger partial charge in [0.05, 0.1) is 7.11 Å². The molecule has 0 aliphatic carbocycles. The van der Waals surface area contributed by atoms with Crippen molar-refractivity contribution in [3.63, 3.8) is 0 Å². The summed E-state index contributed by atoms with van der Waals surface area (Å²) in [5, 5.41) is 2.58. The van der Waals surface area contributed by atoms with Crippen molar-refractivity contribution in [2.24, 2.45) is 0 Å². The summed E-state index contributed by atoms with van der Waals surface area (Å²) in [5.41, 5.74) is 1.56. The van der Waals surface area contributed by atoms with Crippen molar-refractivity contribution in [1.82, 2.24) is 5.32 Å². The first-order chi connectivity index (χ1) is 9.42. The van der Waals surface area contributed by atoms with E-state index in [4.69, 9.17) is 0 Å². The molecule has 0 aliphatic rings. The Morgan fingerprint density at radius 2 is 1.90 bits per heavy atom. The highest BCUT2D eigenvalue weighted by Crippen LogP contribution is 2.07. The van der Waals surface area contributed by atoms with Gasteiger partial charge in [0.15, 0.2) is 0 Å². The monoisotopic (exact) mass is 279 g/mol. The summed E-state index contributed by atoms with van der Waals surface area (Å²) in [6, 6.07) is 4.95. The van der Waals surface area contributed by atoms with E-state index in [1.165, 1.54) is 25.3 Å². The molecule has 0 bridgehead atoms. The SMILES string of the molecule is COC(=O)[C@@H](Cc1ccc(F)cc1)NC(=O)C=C(C)C. The fraction of sp³-hybridized carbons (Fsp3) is 0.333. The second-order valence-electron chi connectivity index (χ2n) is 4.64. The maximum Gasteiger partial charge on any atom is 0.328 e. The fourth-order valence-corrected chi connectivity index (χ4v) is 1.67. The quantitative estimate of drug-likeness (QED) is 0.662. The van der Waals surface area contributed by atoms with Crippen LogP contribution in [0.15, 0.2) is 35.9 Å². The zero-order chi connectivity index (χ0) is 15.1. The van der Waals surface area contributed by atoms with Gasteiger partial charge in [0.1, 0.15) is 11.9 Å². The van der Waals surface area contributed by atoms with Crippen molar-refractivity contribution >= 4 is 11.9 Å². The maximum absolute atomic E-state index is 12.8. The number of allylic oxidation sites excluding steroid dienone is 1. The van der Waals surface area contributed by atoms with Crippen LogP contribution in [-0.4, -0.2) is 25.0 Å². The molecule has 0 heterocycles. The molecule has 0 saturated heterocycles. The number of benzene rings is 1. The summed E-state index contributed by atoms with van der Waals surface area (Å²) in [4.78, 5) is 23.3. The standard InChI is InChI=1S/C15H18FNO3/c1-10(2)8-14(18)17-13(15(19)20-3)9-11-4-6-12(16)7-5-11/h4-8,13H,9H2,1-3H3,(H,17,18)/t13-/m1/s1. The van der Waals surface area contributed by atoms with Gasteiger partial charge < -0.3 is 10.1 Å². The molecular formula is C15H18FNO3. The fourth-order valence-electron chi connectivity index (χ4n) is 1.67. The van der Waals surface area contributed by atoms with E-state index in [-0.39, 0.29) is 18.1 Å². The van der Waals surface area contributed by atoms with Crippen LogP contribution in [0.1, 0.15) is 19.4 Å². The second kappa shape index (κ2) is 7.43. The first-order valence-corrected chi connectivity index (χ1v) is 6.20. The number of nitrogens with one attached hydrogen (secondary N) is 1. The first kappa shape index (κ1) is 15.9. The van der Waals surface area contributed by atoms with Crippen molar-refractivity contribution in [1.29, 1.82) is 0 Å². The lowest BCUT2D eigenvalue weighted by Gasteiger charge is -2.15. The van der Waals surface area contributed by atoms with Crippen molar-refractivity contribution in [2.75, 3.05) is 7.11 Å². The molecule has 1 atom stereocenters. The van der Waals surface area contributed by atoms with E-state index in [1.807, 2.05) is 0 Å². The van der Waals surface area contributed by atoms with Crippen LogP contribution >= 0.6 is 0 Å². The highest BCUT2D eigenvalue weighted by molar-refractivity contribution is 5.92. The summed E-state index contributed by atoms with van der Waals surface area (Å²) in [6.45, 7) is 3.57. The van der Waals surface area contributed by atoms with Gasteiger partial charge in [0.25, 0.3) is 0 Å². The zero-order valence-electron chi connectivity index (χ0n) is 11.8. The van der Waals surface area contributed by atoms with Crippen LogP contribution in [0.25, 0.3) is 0 Å². The molecule has 108 valence electrons. The predicted molar refractivity (Wildman–Crippen MR) is 73.5 cm³/mol. The van der Waals surface area contributed by atoms with Crippen LogP contribution in [0.4, 0.5) is 4.39 Å². The van der Waals surface area contributed by atoms with Gasteiger partial charge in [-0.1, -0.05) is 17.7 Å². The lowest BCUT2D eigenvalue weighted by atomic mass is 10.1. The zero-order valence-corrected chi connectivity index (χ0v) is 11.8. The Morgan fingerprint density at radius 1 is 1.30 bits per heavy atom. The molecule has 1 aromatic rings. The lowest BCUT2D eigenvalue weighted by molar-refractivity contribution is -0.144. The van der Waals surface area contributed by atoms with Gasteiger partial charge in [-0.05, 0) is 31.5 Å². The summed E-state index contributed by atoms with van der Waals surface area (Å²) >= 11 is 0. The number of methoxy groups -OCH3 is 1. The smallest absolute Gasteiger partial charge is 0.328 e. The van der Waals surface area contributed by atoms with E-state index in [1.54, 1.807) is 26.0 Å². The normalized spacial score (nSPS) is 11.4. The van der Waals surface area contributed by atoms with Gasteiger partial charge in [-0.25, -0.2) is 9.18 Å². The molecule has 0 radical (unpaired) electrons. The predicted octanol–water partition coefficient (Wildman–Crippen LogP) is 1.99. The number of hydrogen-bond donors (Lipinski definition) is 1. The molecule has 5 heteroatoms. The van der Waals surface area contributed by atoms with Gasteiger partial charge in [-0.3, -0.25) is 4.79 Å². The third-order valence-electron chi connectivity index (χ3n) is 2.58. The van der Waals surface area contributed by atoms with E-state index < -0.39 is 12.0 Å². The van der Waals surface area contributed by atoms with Gasteiger partial charge in [0, 0.05) is 12.5 Å². The third kappa shape index (κ3) is 5.22. The number of halogens is 1. The molecular weight excluding hydrogens is 261 g/mol. The Labute approximate surface area is 117 Å². The van der Waals surface area contributed by atoms with Crippen LogP contribution in [0.2, 0.25) is 0 Å². The largest absolute Gasteiger partial charge is 0.467 e. The topological polar surface area (TPSA) is 55.4 Å². The van der Waals surface area contributed by atoms with Crippen LogP contribution in [0, 0.1) is 5.82 Å². The molecule has 1 N–H and O–H groups in total. The van der Waals surface area contributed by atoms with E-state index in [0.29, 0.717) is 0 Å². The molecule has 1 rings (SSSR count). The number of carbonyl (C=O) groups excluding carboxylic acids is 2. The molecule has 0 aromatic heterocycles. The van der Waals surface area contributed by atoms with Crippen LogP contribution in [0.5, 0.6) is 0 Å². The molecule has 0 fully saturated rings. The molecule has 1 aromatic carbocycles. The number of carbonyl (C=O) groups is 2. The highest BCUT2D eigenvalue weighted by Gasteiger charge is 2.21. The average molecular weight is 279 g/mol. The molecule has 1 amide bonds. The van der Waals surface area contributed by atoms with Crippen LogP contribution in [-0.2, 0) is 20.7 Å². The number of esters is 1. The van der Waals surface area contributed by atoms with E-state index >= 15 is 0 Å².